The standard InChI is InChI=1S/C19H26N2/c1-2-5-15-10-11-21(14-15)19(13-20)18-9-8-16-6-3-4-7-17(16)12-18/h3-4,6-9,12,15,19H,2,5,10-11,13-14,20H2,1H3. The van der Waals surface area contributed by atoms with Gasteiger partial charge in [-0.25, -0.2) is 0 Å². The molecule has 1 aliphatic rings. The maximum absolute atomic E-state index is 6.11. The summed E-state index contributed by atoms with van der Waals surface area (Å²) in [6.45, 7) is 5.39. The van der Waals surface area contributed by atoms with Gasteiger partial charge in [-0.05, 0) is 47.7 Å². The third-order valence-corrected chi connectivity index (χ3v) is 4.84. The fraction of sp³-hybridized carbons (Fsp3) is 0.474. The molecule has 2 N–H and O–H groups in total. The molecule has 0 bridgehead atoms. The highest BCUT2D eigenvalue weighted by Gasteiger charge is 2.27. The summed E-state index contributed by atoms with van der Waals surface area (Å²) in [6.07, 6.45) is 3.98. The molecule has 21 heavy (non-hydrogen) atoms. The van der Waals surface area contributed by atoms with Crippen LogP contribution in [0.15, 0.2) is 42.5 Å². The van der Waals surface area contributed by atoms with E-state index in [1.807, 2.05) is 0 Å². The smallest absolute Gasteiger partial charge is 0.0470 e. The van der Waals surface area contributed by atoms with E-state index in [9.17, 15) is 0 Å². The Labute approximate surface area is 127 Å². The van der Waals surface area contributed by atoms with Gasteiger partial charge in [-0.2, -0.15) is 0 Å². The molecule has 0 aliphatic carbocycles. The molecular formula is C19H26N2. The zero-order valence-electron chi connectivity index (χ0n) is 13.0. The highest BCUT2D eigenvalue weighted by atomic mass is 15.2. The van der Waals surface area contributed by atoms with E-state index in [1.165, 1.54) is 48.7 Å². The minimum atomic E-state index is 0.372. The molecule has 0 spiro atoms. The Morgan fingerprint density at radius 2 is 2.00 bits per heavy atom. The number of rotatable bonds is 5. The van der Waals surface area contributed by atoms with Gasteiger partial charge in [0.2, 0.25) is 0 Å². The van der Waals surface area contributed by atoms with Gasteiger partial charge in [0.1, 0.15) is 0 Å². The van der Waals surface area contributed by atoms with Crippen molar-refractivity contribution in [3.63, 3.8) is 0 Å². The predicted molar refractivity (Wildman–Crippen MR) is 90.3 cm³/mol. The molecule has 1 aliphatic heterocycles. The van der Waals surface area contributed by atoms with Crippen LogP contribution < -0.4 is 5.73 Å². The third kappa shape index (κ3) is 3.12. The molecule has 2 heteroatoms. The summed E-state index contributed by atoms with van der Waals surface area (Å²) in [4.78, 5) is 2.59. The van der Waals surface area contributed by atoms with E-state index in [4.69, 9.17) is 5.73 Å². The number of nitrogens with zero attached hydrogens (tertiary/aromatic N) is 1. The molecule has 2 nitrogen and oxygen atoms in total. The fourth-order valence-corrected chi connectivity index (χ4v) is 3.70. The predicted octanol–water partition coefficient (Wildman–Crippen LogP) is 3.96. The highest BCUT2D eigenvalue weighted by molar-refractivity contribution is 5.83. The Morgan fingerprint density at radius 3 is 2.76 bits per heavy atom. The van der Waals surface area contributed by atoms with Crippen LogP contribution in [-0.4, -0.2) is 24.5 Å². The number of hydrogen-bond acceptors (Lipinski definition) is 2. The van der Waals surface area contributed by atoms with Gasteiger partial charge in [0.25, 0.3) is 0 Å². The Balaban J connectivity index is 1.81. The molecule has 1 heterocycles. The van der Waals surface area contributed by atoms with Gasteiger partial charge in [0.05, 0.1) is 0 Å². The van der Waals surface area contributed by atoms with E-state index in [1.54, 1.807) is 0 Å². The van der Waals surface area contributed by atoms with E-state index in [2.05, 4.69) is 54.3 Å². The summed E-state index contributed by atoms with van der Waals surface area (Å²) in [5.74, 6) is 0.865. The summed E-state index contributed by atoms with van der Waals surface area (Å²) in [7, 11) is 0. The van der Waals surface area contributed by atoms with Crippen molar-refractivity contribution >= 4 is 10.8 Å². The molecule has 2 unspecified atom stereocenters. The second kappa shape index (κ2) is 6.59. The van der Waals surface area contributed by atoms with Gasteiger partial charge in [-0.15, -0.1) is 0 Å². The monoisotopic (exact) mass is 282 g/mol. The summed E-state index contributed by atoms with van der Waals surface area (Å²) in [5.41, 5.74) is 7.48. The number of fused-ring (bicyclic) bond motifs is 1. The van der Waals surface area contributed by atoms with Crippen LogP contribution in [-0.2, 0) is 0 Å². The molecule has 3 rings (SSSR count). The molecular weight excluding hydrogens is 256 g/mol. The van der Waals surface area contributed by atoms with Crippen molar-refractivity contribution < 1.29 is 0 Å². The summed E-state index contributed by atoms with van der Waals surface area (Å²) in [5, 5.41) is 2.63. The highest BCUT2D eigenvalue weighted by Crippen LogP contribution is 2.30. The van der Waals surface area contributed by atoms with Gasteiger partial charge in [-0.1, -0.05) is 49.7 Å². The fourth-order valence-electron chi connectivity index (χ4n) is 3.70. The Hall–Kier alpha value is -1.38. The molecule has 112 valence electrons. The number of nitrogens with two attached hydrogens (primary N) is 1. The molecule has 2 aromatic carbocycles. The number of likely N-dealkylation sites (tertiary alicyclic amines) is 1. The maximum Gasteiger partial charge on any atom is 0.0470 e. The van der Waals surface area contributed by atoms with Crippen LogP contribution in [0.1, 0.15) is 37.8 Å². The Bertz CT molecular complexity index is 593. The molecule has 0 amide bonds. The van der Waals surface area contributed by atoms with Crippen LogP contribution in [0.2, 0.25) is 0 Å². The van der Waals surface area contributed by atoms with Crippen molar-refractivity contribution in [2.45, 2.75) is 32.2 Å². The van der Waals surface area contributed by atoms with Crippen molar-refractivity contribution in [3.8, 4) is 0 Å². The SMILES string of the molecule is CCCC1CCN(C(CN)c2ccc3ccccc3c2)C1. The average molecular weight is 282 g/mol. The molecule has 1 saturated heterocycles. The van der Waals surface area contributed by atoms with Gasteiger partial charge in [0.15, 0.2) is 0 Å². The van der Waals surface area contributed by atoms with E-state index in [0.29, 0.717) is 12.6 Å². The van der Waals surface area contributed by atoms with Crippen molar-refractivity contribution in [2.75, 3.05) is 19.6 Å². The van der Waals surface area contributed by atoms with Crippen molar-refractivity contribution in [3.05, 3.63) is 48.0 Å². The Kier molecular flexibility index (Phi) is 4.57. The molecule has 1 fully saturated rings. The summed E-state index contributed by atoms with van der Waals surface area (Å²) in [6, 6.07) is 15.7. The lowest BCUT2D eigenvalue weighted by Crippen LogP contribution is -2.32. The average Bonchev–Trinajstić information content (AvgIpc) is 2.97. The number of benzene rings is 2. The van der Waals surface area contributed by atoms with Crippen LogP contribution in [0.25, 0.3) is 10.8 Å². The largest absolute Gasteiger partial charge is 0.329 e. The van der Waals surface area contributed by atoms with E-state index < -0.39 is 0 Å². The molecule has 0 saturated carbocycles. The maximum atomic E-state index is 6.11. The van der Waals surface area contributed by atoms with E-state index in [-0.39, 0.29) is 0 Å². The summed E-state index contributed by atoms with van der Waals surface area (Å²) >= 11 is 0. The normalized spacial score (nSPS) is 21.0. The molecule has 0 radical (unpaired) electrons. The lowest BCUT2D eigenvalue weighted by Gasteiger charge is -2.27. The lowest BCUT2D eigenvalue weighted by atomic mass is 10.0. The van der Waals surface area contributed by atoms with Crippen molar-refractivity contribution in [1.82, 2.24) is 4.90 Å². The van der Waals surface area contributed by atoms with Crippen molar-refractivity contribution in [1.29, 1.82) is 0 Å². The van der Waals surface area contributed by atoms with Crippen LogP contribution in [0.3, 0.4) is 0 Å². The third-order valence-electron chi connectivity index (χ3n) is 4.84. The molecule has 2 aromatic rings. The first-order chi connectivity index (χ1) is 10.3. The van der Waals surface area contributed by atoms with Gasteiger partial charge < -0.3 is 5.73 Å². The number of hydrogen-bond donors (Lipinski definition) is 1. The zero-order chi connectivity index (χ0) is 14.7. The van der Waals surface area contributed by atoms with Crippen molar-refractivity contribution in [2.24, 2.45) is 11.7 Å². The first-order valence-corrected chi connectivity index (χ1v) is 8.24. The minimum absolute atomic E-state index is 0.372. The molecule has 0 aromatic heterocycles. The van der Waals surface area contributed by atoms with Crippen LogP contribution in [0, 0.1) is 5.92 Å². The molecule has 2 atom stereocenters. The van der Waals surface area contributed by atoms with E-state index >= 15 is 0 Å². The minimum Gasteiger partial charge on any atom is -0.329 e. The van der Waals surface area contributed by atoms with Crippen LogP contribution >= 0.6 is 0 Å². The quantitative estimate of drug-likeness (QED) is 0.899. The first-order valence-electron chi connectivity index (χ1n) is 8.24. The van der Waals surface area contributed by atoms with Gasteiger partial charge in [-0.3, -0.25) is 4.90 Å². The van der Waals surface area contributed by atoms with Gasteiger partial charge >= 0.3 is 0 Å². The first kappa shape index (κ1) is 14.6. The van der Waals surface area contributed by atoms with Crippen LogP contribution in [0.5, 0.6) is 0 Å². The topological polar surface area (TPSA) is 29.3 Å². The second-order valence-corrected chi connectivity index (χ2v) is 6.30. The Morgan fingerprint density at radius 1 is 1.19 bits per heavy atom. The second-order valence-electron chi connectivity index (χ2n) is 6.30. The van der Waals surface area contributed by atoms with Crippen LogP contribution in [0.4, 0.5) is 0 Å². The van der Waals surface area contributed by atoms with Gasteiger partial charge in [0, 0.05) is 19.1 Å². The lowest BCUT2D eigenvalue weighted by molar-refractivity contribution is 0.240. The summed E-state index contributed by atoms with van der Waals surface area (Å²) < 4.78 is 0. The van der Waals surface area contributed by atoms with E-state index in [0.717, 1.165) is 5.92 Å². The zero-order valence-corrected chi connectivity index (χ0v) is 13.0.